The maximum Gasteiger partial charge on any atom is 0.240 e. The van der Waals surface area contributed by atoms with Gasteiger partial charge >= 0.3 is 0 Å². The molecule has 0 aliphatic rings. The van der Waals surface area contributed by atoms with Crippen molar-refractivity contribution in [2.75, 3.05) is 11.9 Å². The molecule has 0 saturated carbocycles. The fourth-order valence-electron chi connectivity index (χ4n) is 2.75. The quantitative estimate of drug-likeness (QED) is 0.677. The largest absolute Gasteiger partial charge is 0.376 e. The first-order chi connectivity index (χ1) is 12.1. The second-order valence-electron chi connectivity index (χ2n) is 6.03. The van der Waals surface area contributed by atoms with Crippen molar-refractivity contribution in [2.45, 2.75) is 19.9 Å². The van der Waals surface area contributed by atoms with Gasteiger partial charge in [0.1, 0.15) is 0 Å². The van der Waals surface area contributed by atoms with E-state index < -0.39 is 0 Å². The van der Waals surface area contributed by atoms with Gasteiger partial charge in [-0.2, -0.15) is 0 Å². The van der Waals surface area contributed by atoms with Crippen molar-refractivity contribution in [3.05, 3.63) is 87.6 Å². The number of nitrogens with one attached hydrogen (secondary N) is 2. The molecule has 128 valence electrons. The van der Waals surface area contributed by atoms with Crippen LogP contribution in [-0.4, -0.2) is 12.5 Å². The highest BCUT2D eigenvalue weighted by molar-refractivity contribution is 7.10. The molecule has 3 rings (SSSR count). The van der Waals surface area contributed by atoms with Crippen molar-refractivity contribution >= 4 is 22.9 Å². The van der Waals surface area contributed by atoms with Crippen LogP contribution in [0.15, 0.2) is 66.0 Å². The zero-order chi connectivity index (χ0) is 17.6. The van der Waals surface area contributed by atoms with E-state index in [1.807, 2.05) is 53.9 Å². The Morgan fingerprint density at radius 1 is 1.00 bits per heavy atom. The lowest BCUT2D eigenvalue weighted by Gasteiger charge is -2.19. The number of aryl methyl sites for hydroxylation is 1. The molecule has 0 spiro atoms. The molecule has 1 amide bonds. The Morgan fingerprint density at radius 3 is 2.52 bits per heavy atom. The van der Waals surface area contributed by atoms with Crippen LogP contribution in [0.1, 0.15) is 27.6 Å². The number of hydrogen-bond acceptors (Lipinski definition) is 3. The van der Waals surface area contributed by atoms with E-state index >= 15 is 0 Å². The molecule has 25 heavy (non-hydrogen) atoms. The molecule has 4 heteroatoms. The lowest BCUT2D eigenvalue weighted by atomic mass is 10.1. The molecular formula is C21H22N2OS. The zero-order valence-corrected chi connectivity index (χ0v) is 15.3. The molecule has 0 unspecified atom stereocenters. The van der Waals surface area contributed by atoms with E-state index in [0.29, 0.717) is 0 Å². The van der Waals surface area contributed by atoms with E-state index in [0.717, 1.165) is 16.1 Å². The molecule has 1 atom stereocenters. The van der Waals surface area contributed by atoms with Crippen LogP contribution >= 0.6 is 11.3 Å². The van der Waals surface area contributed by atoms with Crippen molar-refractivity contribution in [2.24, 2.45) is 0 Å². The Morgan fingerprint density at radius 2 is 1.80 bits per heavy atom. The predicted octanol–water partition coefficient (Wildman–Crippen LogP) is 4.68. The van der Waals surface area contributed by atoms with Gasteiger partial charge in [-0.3, -0.25) is 4.79 Å². The van der Waals surface area contributed by atoms with E-state index in [-0.39, 0.29) is 18.5 Å². The molecule has 0 fully saturated rings. The van der Waals surface area contributed by atoms with Gasteiger partial charge in [0.15, 0.2) is 0 Å². The van der Waals surface area contributed by atoms with E-state index in [9.17, 15) is 4.79 Å². The lowest BCUT2D eigenvalue weighted by molar-refractivity contribution is -0.119. The summed E-state index contributed by atoms with van der Waals surface area (Å²) in [6.45, 7) is 4.38. The molecule has 2 aromatic carbocycles. The lowest BCUT2D eigenvalue weighted by Crippen LogP contribution is -2.33. The van der Waals surface area contributed by atoms with Gasteiger partial charge in [-0.15, -0.1) is 11.3 Å². The van der Waals surface area contributed by atoms with Crippen LogP contribution in [0.3, 0.4) is 0 Å². The Balaban J connectivity index is 1.70. The van der Waals surface area contributed by atoms with Gasteiger partial charge in [-0.05, 0) is 48.1 Å². The van der Waals surface area contributed by atoms with Crippen LogP contribution in [0.4, 0.5) is 5.69 Å². The summed E-state index contributed by atoms with van der Waals surface area (Å²) in [6, 6.07) is 20.1. The third kappa shape index (κ3) is 4.28. The monoisotopic (exact) mass is 350 g/mol. The number of thiophene rings is 1. The van der Waals surface area contributed by atoms with Gasteiger partial charge in [-0.25, -0.2) is 0 Å². The smallest absolute Gasteiger partial charge is 0.240 e. The summed E-state index contributed by atoms with van der Waals surface area (Å²) in [5, 5.41) is 8.43. The minimum Gasteiger partial charge on any atom is -0.376 e. The first-order valence-electron chi connectivity index (χ1n) is 8.33. The minimum atomic E-state index is -0.117. The fraction of sp³-hybridized carbons (Fsp3) is 0.190. The SMILES string of the molecule is Cc1cccc(NCC(=O)N[C@H](c2ccccc2)c2cccs2)c1C. The Kier molecular flexibility index (Phi) is 5.51. The molecule has 3 aromatic rings. The van der Waals surface area contributed by atoms with E-state index in [1.54, 1.807) is 11.3 Å². The van der Waals surface area contributed by atoms with Gasteiger partial charge < -0.3 is 10.6 Å². The van der Waals surface area contributed by atoms with E-state index in [1.165, 1.54) is 11.1 Å². The fourth-order valence-corrected chi connectivity index (χ4v) is 3.55. The number of anilines is 1. The minimum absolute atomic E-state index is 0.0249. The van der Waals surface area contributed by atoms with Crippen LogP contribution in [0.5, 0.6) is 0 Å². The molecule has 0 aliphatic heterocycles. The molecule has 0 radical (unpaired) electrons. The number of amides is 1. The van der Waals surface area contributed by atoms with Crippen LogP contribution in [0.25, 0.3) is 0 Å². The second-order valence-corrected chi connectivity index (χ2v) is 7.01. The molecule has 0 bridgehead atoms. The average molecular weight is 350 g/mol. The Bertz CT molecular complexity index is 828. The summed E-state index contributed by atoms with van der Waals surface area (Å²) in [6.07, 6.45) is 0. The number of carbonyl (C=O) groups is 1. The highest BCUT2D eigenvalue weighted by atomic mass is 32.1. The zero-order valence-electron chi connectivity index (χ0n) is 14.5. The highest BCUT2D eigenvalue weighted by Gasteiger charge is 2.17. The Labute approximate surface area is 152 Å². The third-order valence-corrected chi connectivity index (χ3v) is 5.25. The molecule has 1 aromatic heterocycles. The normalized spacial score (nSPS) is 11.8. The third-order valence-electron chi connectivity index (χ3n) is 4.31. The maximum absolute atomic E-state index is 12.5. The van der Waals surface area contributed by atoms with Crippen LogP contribution in [0, 0.1) is 13.8 Å². The van der Waals surface area contributed by atoms with Crippen LogP contribution in [0.2, 0.25) is 0 Å². The van der Waals surface area contributed by atoms with E-state index in [4.69, 9.17) is 0 Å². The first-order valence-corrected chi connectivity index (χ1v) is 9.21. The molecule has 0 saturated heterocycles. The highest BCUT2D eigenvalue weighted by Crippen LogP contribution is 2.26. The summed E-state index contributed by atoms with van der Waals surface area (Å²) in [5.74, 6) is -0.0249. The first kappa shape index (κ1) is 17.2. The number of hydrogen-bond donors (Lipinski definition) is 2. The predicted molar refractivity (Wildman–Crippen MR) is 105 cm³/mol. The topological polar surface area (TPSA) is 41.1 Å². The van der Waals surface area contributed by atoms with Gasteiger partial charge in [0, 0.05) is 10.6 Å². The van der Waals surface area contributed by atoms with Crippen molar-refractivity contribution in [1.29, 1.82) is 0 Å². The maximum atomic E-state index is 12.5. The summed E-state index contributed by atoms with van der Waals surface area (Å²) in [7, 11) is 0. The molecule has 0 aliphatic carbocycles. The van der Waals surface area contributed by atoms with Crippen molar-refractivity contribution in [1.82, 2.24) is 5.32 Å². The molecule has 3 nitrogen and oxygen atoms in total. The summed E-state index contributed by atoms with van der Waals surface area (Å²) < 4.78 is 0. The van der Waals surface area contributed by atoms with Crippen molar-refractivity contribution in [3.63, 3.8) is 0 Å². The number of carbonyl (C=O) groups excluding carboxylic acids is 1. The average Bonchev–Trinajstić information content (AvgIpc) is 3.16. The Hall–Kier alpha value is -2.59. The van der Waals surface area contributed by atoms with E-state index in [2.05, 4.69) is 36.6 Å². The van der Waals surface area contributed by atoms with Gasteiger partial charge in [0.05, 0.1) is 12.6 Å². The van der Waals surface area contributed by atoms with Crippen molar-refractivity contribution < 1.29 is 4.79 Å². The molecule has 2 N–H and O–H groups in total. The van der Waals surface area contributed by atoms with Crippen LogP contribution in [-0.2, 0) is 4.79 Å². The standard InChI is InChI=1S/C21H22N2OS/c1-15-8-6-11-18(16(15)2)22-14-20(24)23-21(19-12-7-13-25-19)17-9-4-3-5-10-17/h3-13,21-22H,14H2,1-2H3,(H,23,24)/t21-/m1/s1. The van der Waals surface area contributed by atoms with Gasteiger partial charge in [0.2, 0.25) is 5.91 Å². The summed E-state index contributed by atoms with van der Waals surface area (Å²) >= 11 is 1.65. The molecular weight excluding hydrogens is 328 g/mol. The second kappa shape index (κ2) is 7.99. The summed E-state index contributed by atoms with van der Waals surface area (Å²) in [4.78, 5) is 13.7. The van der Waals surface area contributed by atoms with Gasteiger partial charge in [0.25, 0.3) is 0 Å². The summed E-state index contributed by atoms with van der Waals surface area (Å²) in [5.41, 5.74) is 4.48. The number of benzene rings is 2. The number of rotatable bonds is 6. The molecule has 1 heterocycles. The van der Waals surface area contributed by atoms with Crippen molar-refractivity contribution in [3.8, 4) is 0 Å². The van der Waals surface area contributed by atoms with Crippen LogP contribution < -0.4 is 10.6 Å². The van der Waals surface area contributed by atoms with Gasteiger partial charge in [-0.1, -0.05) is 48.5 Å².